The minimum Gasteiger partial charge on any atom is -0.497 e. The van der Waals surface area contributed by atoms with Crippen LogP contribution in [-0.4, -0.2) is 36.4 Å². The maximum absolute atomic E-state index is 12.5. The van der Waals surface area contributed by atoms with Gasteiger partial charge in [0.2, 0.25) is 11.0 Å². The van der Waals surface area contributed by atoms with Crippen molar-refractivity contribution in [1.29, 1.82) is 0 Å². The predicted molar refractivity (Wildman–Crippen MR) is 95.2 cm³/mol. The molecular weight excluding hydrogens is 328 g/mol. The van der Waals surface area contributed by atoms with Crippen LogP contribution in [0.5, 0.6) is 11.5 Å². The zero-order valence-electron chi connectivity index (χ0n) is 14.3. The third-order valence-corrected chi connectivity index (χ3v) is 4.44. The van der Waals surface area contributed by atoms with Crippen LogP contribution in [0.15, 0.2) is 18.2 Å². The monoisotopic (exact) mass is 350 g/mol. The number of anilines is 2. The molecule has 2 N–H and O–H groups in total. The van der Waals surface area contributed by atoms with Gasteiger partial charge in [0, 0.05) is 6.07 Å². The molecule has 0 saturated carbocycles. The summed E-state index contributed by atoms with van der Waals surface area (Å²) < 4.78 is 10.6. The Morgan fingerprint density at radius 3 is 2.62 bits per heavy atom. The third kappa shape index (κ3) is 4.35. The summed E-state index contributed by atoms with van der Waals surface area (Å²) in [6.45, 7) is 3.93. The van der Waals surface area contributed by atoms with Gasteiger partial charge in [0.15, 0.2) is 0 Å². The molecule has 1 atom stereocenters. The van der Waals surface area contributed by atoms with Gasteiger partial charge in [0.25, 0.3) is 0 Å². The maximum atomic E-state index is 12.5. The second-order valence-electron chi connectivity index (χ2n) is 5.02. The van der Waals surface area contributed by atoms with Crippen LogP contribution in [0, 0.1) is 0 Å². The van der Waals surface area contributed by atoms with Gasteiger partial charge >= 0.3 is 0 Å². The van der Waals surface area contributed by atoms with Crippen molar-refractivity contribution in [2.45, 2.75) is 32.7 Å². The highest BCUT2D eigenvalue weighted by molar-refractivity contribution is 7.15. The molecule has 2 aromatic rings. The van der Waals surface area contributed by atoms with Gasteiger partial charge in [-0.2, -0.15) is 0 Å². The van der Waals surface area contributed by atoms with Gasteiger partial charge in [0.05, 0.1) is 19.9 Å². The summed E-state index contributed by atoms with van der Waals surface area (Å²) in [5.41, 5.74) is 0.699. The number of benzene rings is 1. The number of aryl methyl sites for hydroxylation is 1. The molecule has 0 aliphatic rings. The van der Waals surface area contributed by atoms with Crippen LogP contribution in [0.1, 0.15) is 25.3 Å². The van der Waals surface area contributed by atoms with Crippen molar-refractivity contribution in [1.82, 2.24) is 10.2 Å². The number of nitrogens with one attached hydrogen (secondary N) is 2. The average molecular weight is 350 g/mol. The Labute approximate surface area is 145 Å². The lowest BCUT2D eigenvalue weighted by atomic mass is 10.2. The molecule has 0 aliphatic carbocycles. The van der Waals surface area contributed by atoms with Crippen molar-refractivity contribution in [3.05, 3.63) is 23.2 Å². The average Bonchev–Trinajstić information content (AvgIpc) is 3.06. The number of carbonyl (C=O) groups excluding carboxylic acids is 1. The van der Waals surface area contributed by atoms with Gasteiger partial charge in [-0.05, 0) is 25.0 Å². The zero-order valence-corrected chi connectivity index (χ0v) is 15.1. The van der Waals surface area contributed by atoms with Gasteiger partial charge in [-0.25, -0.2) is 0 Å². The SMILES string of the molecule is CCc1nnc(NC(=O)[C@H](CC)Nc2cc(OC)ccc2OC)s1. The van der Waals surface area contributed by atoms with Crippen molar-refractivity contribution >= 4 is 28.1 Å². The molecule has 24 heavy (non-hydrogen) atoms. The van der Waals surface area contributed by atoms with E-state index in [1.165, 1.54) is 11.3 Å². The van der Waals surface area contributed by atoms with E-state index in [1.807, 2.05) is 13.8 Å². The van der Waals surface area contributed by atoms with Crippen molar-refractivity contribution < 1.29 is 14.3 Å². The molecule has 0 unspecified atom stereocenters. The molecular formula is C16H22N4O3S. The van der Waals surface area contributed by atoms with Crippen molar-refractivity contribution in [2.24, 2.45) is 0 Å². The van der Waals surface area contributed by atoms with Crippen molar-refractivity contribution in [2.75, 3.05) is 24.9 Å². The lowest BCUT2D eigenvalue weighted by Crippen LogP contribution is -2.34. The normalized spacial score (nSPS) is 11.7. The van der Waals surface area contributed by atoms with E-state index in [1.54, 1.807) is 32.4 Å². The molecule has 0 radical (unpaired) electrons. The van der Waals surface area contributed by atoms with E-state index in [0.29, 0.717) is 28.7 Å². The van der Waals surface area contributed by atoms with E-state index in [9.17, 15) is 4.79 Å². The molecule has 0 fully saturated rings. The largest absolute Gasteiger partial charge is 0.497 e. The summed E-state index contributed by atoms with van der Waals surface area (Å²) >= 11 is 1.38. The Kier molecular flexibility index (Phi) is 6.36. The summed E-state index contributed by atoms with van der Waals surface area (Å²) in [6, 6.07) is 4.97. The molecule has 7 nitrogen and oxygen atoms in total. The van der Waals surface area contributed by atoms with E-state index in [4.69, 9.17) is 9.47 Å². The van der Waals surface area contributed by atoms with E-state index in [-0.39, 0.29) is 5.91 Å². The van der Waals surface area contributed by atoms with Gasteiger partial charge in [-0.15, -0.1) is 10.2 Å². The van der Waals surface area contributed by atoms with E-state index < -0.39 is 6.04 Å². The van der Waals surface area contributed by atoms with Crippen LogP contribution in [0.25, 0.3) is 0 Å². The fraction of sp³-hybridized carbons (Fsp3) is 0.438. The standard InChI is InChI=1S/C16H22N4O3S/c1-5-11(15(21)18-16-20-19-14(6-2)24-16)17-12-9-10(22-3)7-8-13(12)23-4/h7-9,11,17H,5-6H2,1-4H3,(H,18,20,21)/t11-/m0/s1. The predicted octanol–water partition coefficient (Wildman–Crippen LogP) is 2.95. The second kappa shape index (κ2) is 8.49. The van der Waals surface area contributed by atoms with Gasteiger partial charge in [0.1, 0.15) is 22.5 Å². The summed E-state index contributed by atoms with van der Waals surface area (Å²) in [5, 5.41) is 15.4. The highest BCUT2D eigenvalue weighted by Crippen LogP contribution is 2.30. The number of hydrogen-bond acceptors (Lipinski definition) is 7. The molecule has 1 amide bonds. The smallest absolute Gasteiger partial charge is 0.248 e. The minimum absolute atomic E-state index is 0.166. The van der Waals surface area contributed by atoms with E-state index >= 15 is 0 Å². The Balaban J connectivity index is 2.11. The third-order valence-electron chi connectivity index (χ3n) is 3.46. The molecule has 0 saturated heterocycles. The van der Waals surface area contributed by atoms with Crippen LogP contribution in [0.4, 0.5) is 10.8 Å². The first-order valence-corrected chi connectivity index (χ1v) is 8.54. The number of ether oxygens (including phenoxy) is 2. The Hall–Kier alpha value is -2.35. The van der Waals surface area contributed by atoms with Crippen LogP contribution >= 0.6 is 11.3 Å². The van der Waals surface area contributed by atoms with E-state index in [2.05, 4.69) is 20.8 Å². The molecule has 2 rings (SSSR count). The van der Waals surface area contributed by atoms with Gasteiger partial charge in [-0.1, -0.05) is 25.2 Å². The molecule has 1 aromatic carbocycles. The minimum atomic E-state index is -0.431. The molecule has 130 valence electrons. The molecule has 0 bridgehead atoms. The molecule has 1 heterocycles. The summed E-state index contributed by atoms with van der Waals surface area (Å²) in [7, 11) is 3.18. The number of aromatic nitrogens is 2. The number of carbonyl (C=O) groups is 1. The Morgan fingerprint density at radius 2 is 2.04 bits per heavy atom. The van der Waals surface area contributed by atoms with Gasteiger partial charge < -0.3 is 14.8 Å². The topological polar surface area (TPSA) is 85.4 Å². The number of rotatable bonds is 8. The second-order valence-corrected chi connectivity index (χ2v) is 6.08. The highest BCUT2D eigenvalue weighted by Gasteiger charge is 2.20. The fourth-order valence-electron chi connectivity index (χ4n) is 2.11. The molecule has 0 spiro atoms. The van der Waals surface area contributed by atoms with Crippen LogP contribution in [0.3, 0.4) is 0 Å². The summed E-state index contributed by atoms with van der Waals surface area (Å²) in [6.07, 6.45) is 1.40. The lowest BCUT2D eigenvalue weighted by molar-refractivity contribution is -0.117. The highest BCUT2D eigenvalue weighted by atomic mass is 32.1. The first kappa shape index (κ1) is 18.0. The number of nitrogens with zero attached hydrogens (tertiary/aromatic N) is 2. The quantitative estimate of drug-likeness (QED) is 0.761. The summed E-state index contributed by atoms with van der Waals surface area (Å²) in [4.78, 5) is 12.5. The van der Waals surface area contributed by atoms with Crippen LogP contribution in [-0.2, 0) is 11.2 Å². The lowest BCUT2D eigenvalue weighted by Gasteiger charge is -2.19. The maximum Gasteiger partial charge on any atom is 0.248 e. The Bertz CT molecular complexity index is 690. The number of amides is 1. The molecule has 1 aromatic heterocycles. The van der Waals surface area contributed by atoms with Crippen LogP contribution in [0.2, 0.25) is 0 Å². The first-order chi connectivity index (χ1) is 11.6. The Morgan fingerprint density at radius 1 is 1.25 bits per heavy atom. The molecule has 8 heteroatoms. The number of methoxy groups -OCH3 is 2. The number of hydrogen-bond donors (Lipinski definition) is 2. The van der Waals surface area contributed by atoms with E-state index in [0.717, 1.165) is 11.4 Å². The fourth-order valence-corrected chi connectivity index (χ4v) is 2.79. The zero-order chi connectivity index (χ0) is 17.5. The first-order valence-electron chi connectivity index (χ1n) is 7.73. The van der Waals surface area contributed by atoms with Crippen LogP contribution < -0.4 is 20.1 Å². The van der Waals surface area contributed by atoms with Gasteiger partial charge in [-0.3, -0.25) is 10.1 Å². The molecule has 0 aliphatic heterocycles. The van der Waals surface area contributed by atoms with Crippen molar-refractivity contribution in [3.8, 4) is 11.5 Å². The van der Waals surface area contributed by atoms with Crippen molar-refractivity contribution in [3.63, 3.8) is 0 Å². The summed E-state index contributed by atoms with van der Waals surface area (Å²) in [5.74, 6) is 1.16.